The van der Waals surface area contributed by atoms with Gasteiger partial charge in [-0.1, -0.05) is 41.4 Å². The summed E-state index contributed by atoms with van der Waals surface area (Å²) in [5.74, 6) is -0.315. The van der Waals surface area contributed by atoms with Gasteiger partial charge in [-0.15, -0.1) is 0 Å². The van der Waals surface area contributed by atoms with E-state index in [1.54, 1.807) is 42.2 Å². The Morgan fingerprint density at radius 3 is 2.85 bits per heavy atom. The van der Waals surface area contributed by atoms with E-state index in [1.165, 1.54) is 0 Å². The van der Waals surface area contributed by atoms with Crippen molar-refractivity contribution >= 4 is 41.1 Å². The average Bonchev–Trinajstić information content (AvgIpc) is 3.50. The highest BCUT2D eigenvalue weighted by Gasteiger charge is 2.29. The van der Waals surface area contributed by atoms with E-state index in [4.69, 9.17) is 33.3 Å². The van der Waals surface area contributed by atoms with Crippen LogP contribution < -0.4 is 11.0 Å². The van der Waals surface area contributed by atoms with Crippen LogP contribution in [0.25, 0.3) is 16.8 Å². The molecule has 3 heterocycles. The monoisotopic (exact) mass is 566 g/mol. The average molecular weight is 567 g/mol. The number of fused-ring (bicyclic) bond motifs is 1. The van der Waals surface area contributed by atoms with E-state index < -0.39 is 5.97 Å². The van der Waals surface area contributed by atoms with Crippen LogP contribution in [0.5, 0.6) is 0 Å². The number of carbonyl (C=O) groups is 1. The summed E-state index contributed by atoms with van der Waals surface area (Å²) < 4.78 is 1.77. The number of aromatic nitrogens is 3. The highest BCUT2D eigenvalue weighted by molar-refractivity contribution is 6.32. The molecule has 0 spiro atoms. The Morgan fingerprint density at radius 1 is 1.26 bits per heavy atom. The quantitative estimate of drug-likeness (QED) is 0.205. The number of rotatable bonds is 8. The number of hydrogen-bond donors (Lipinski definition) is 3. The van der Waals surface area contributed by atoms with Crippen molar-refractivity contribution in [3.63, 3.8) is 0 Å². The number of carboxylic acid groups (broad SMARTS) is 1. The SMILES string of the molecule is CN/N=C\N(C)C1=C(c2cc3n(c(=O)c2)C(c2nc(-c4cccc(CC(=O)O)c4)c(Cl)[nH]2)CC3)C=C(Cl)CC1. The normalized spacial score (nSPS) is 16.9. The summed E-state index contributed by atoms with van der Waals surface area (Å²) >= 11 is 13.0. The predicted molar refractivity (Wildman–Crippen MR) is 153 cm³/mol. The number of aliphatic carboxylic acids is 1. The number of carboxylic acids is 1. The zero-order chi connectivity index (χ0) is 27.7. The van der Waals surface area contributed by atoms with Crippen molar-refractivity contribution < 1.29 is 9.90 Å². The molecule has 2 aliphatic rings. The molecule has 1 aliphatic heterocycles. The maximum absolute atomic E-state index is 13.5. The minimum atomic E-state index is -0.908. The number of aromatic amines is 1. The lowest BCUT2D eigenvalue weighted by Gasteiger charge is -2.25. The van der Waals surface area contributed by atoms with Gasteiger partial charge in [0.2, 0.25) is 0 Å². The molecule has 1 unspecified atom stereocenters. The van der Waals surface area contributed by atoms with Crippen molar-refractivity contribution in [2.75, 3.05) is 14.1 Å². The topological polar surface area (TPSA) is 116 Å². The third kappa shape index (κ3) is 5.51. The highest BCUT2D eigenvalue weighted by Crippen LogP contribution is 2.37. The number of allylic oxidation sites excluding steroid dienone is 4. The maximum atomic E-state index is 13.5. The molecule has 0 fully saturated rings. The first-order valence-electron chi connectivity index (χ1n) is 12.6. The van der Waals surface area contributed by atoms with Crippen molar-refractivity contribution in [3.8, 4) is 11.3 Å². The lowest BCUT2D eigenvalue weighted by molar-refractivity contribution is -0.136. The standard InChI is InChI=1S/C28H28Cl2N6O3/c1-31-32-15-35(2)22-8-6-19(29)14-21(22)18-12-20-7-9-23(36(20)24(37)13-18)28-33-26(27(30)34-28)17-5-3-4-16(10-17)11-25(38)39/h3-5,10,12-15,23,31H,6-9,11H2,1-2H3,(H,33,34)(H,38,39)/b32-15-. The van der Waals surface area contributed by atoms with Crippen LogP contribution in [0.3, 0.4) is 0 Å². The van der Waals surface area contributed by atoms with E-state index in [-0.39, 0.29) is 18.0 Å². The van der Waals surface area contributed by atoms with Gasteiger partial charge in [0, 0.05) is 47.7 Å². The Balaban J connectivity index is 1.50. The fraction of sp³-hybridized carbons (Fsp3) is 0.286. The molecule has 0 amide bonds. The van der Waals surface area contributed by atoms with Gasteiger partial charge >= 0.3 is 5.97 Å². The van der Waals surface area contributed by atoms with Crippen molar-refractivity contribution in [3.05, 3.63) is 91.4 Å². The molecule has 1 aliphatic carbocycles. The van der Waals surface area contributed by atoms with Crippen molar-refractivity contribution in [2.24, 2.45) is 5.10 Å². The van der Waals surface area contributed by atoms with Crippen molar-refractivity contribution in [1.82, 2.24) is 24.9 Å². The third-order valence-electron chi connectivity index (χ3n) is 6.99. The van der Waals surface area contributed by atoms with Crippen LogP contribution in [0.1, 0.15) is 47.9 Å². The molecular formula is C28H28Cl2N6O3. The second-order valence-electron chi connectivity index (χ2n) is 9.58. The summed E-state index contributed by atoms with van der Waals surface area (Å²) in [6.45, 7) is 0. The van der Waals surface area contributed by atoms with Crippen LogP contribution in [-0.2, 0) is 17.6 Å². The summed E-state index contributed by atoms with van der Waals surface area (Å²) in [6, 6.07) is 10.5. The maximum Gasteiger partial charge on any atom is 0.307 e. The van der Waals surface area contributed by atoms with Gasteiger partial charge in [0.15, 0.2) is 0 Å². The molecule has 0 saturated heterocycles. The molecule has 202 valence electrons. The second-order valence-corrected chi connectivity index (χ2v) is 10.4. The van der Waals surface area contributed by atoms with E-state index >= 15 is 0 Å². The first kappa shape index (κ1) is 26.8. The van der Waals surface area contributed by atoms with E-state index in [2.05, 4.69) is 15.5 Å². The lowest BCUT2D eigenvalue weighted by Crippen LogP contribution is -2.25. The smallest absolute Gasteiger partial charge is 0.307 e. The predicted octanol–water partition coefficient (Wildman–Crippen LogP) is 4.78. The third-order valence-corrected chi connectivity index (χ3v) is 7.56. The number of H-pyrrole nitrogens is 1. The fourth-order valence-corrected chi connectivity index (χ4v) is 5.70. The van der Waals surface area contributed by atoms with Crippen molar-refractivity contribution in [1.29, 1.82) is 0 Å². The first-order valence-corrected chi connectivity index (χ1v) is 13.3. The van der Waals surface area contributed by atoms with E-state index in [9.17, 15) is 9.59 Å². The summed E-state index contributed by atoms with van der Waals surface area (Å²) in [4.78, 5) is 34.5. The Kier molecular flexibility index (Phi) is 7.63. The first-order chi connectivity index (χ1) is 18.7. The second kappa shape index (κ2) is 11.1. The molecule has 1 atom stereocenters. The number of halogens is 2. The zero-order valence-corrected chi connectivity index (χ0v) is 23.1. The van der Waals surface area contributed by atoms with Crippen LogP contribution in [0, 0.1) is 0 Å². The number of benzene rings is 1. The molecule has 3 N–H and O–H groups in total. The molecule has 1 aromatic carbocycles. The van der Waals surface area contributed by atoms with Gasteiger partial charge in [-0.2, -0.15) is 5.10 Å². The molecule has 39 heavy (non-hydrogen) atoms. The van der Waals surface area contributed by atoms with Gasteiger partial charge in [-0.05, 0) is 55.0 Å². The number of hydrogen-bond acceptors (Lipinski definition) is 5. The van der Waals surface area contributed by atoms with E-state index in [1.807, 2.05) is 30.2 Å². The molecule has 0 radical (unpaired) electrons. The fourth-order valence-electron chi connectivity index (χ4n) is 5.25. The van der Waals surface area contributed by atoms with Gasteiger partial charge in [0.25, 0.3) is 5.56 Å². The molecule has 9 nitrogen and oxygen atoms in total. The number of nitrogens with one attached hydrogen (secondary N) is 2. The van der Waals surface area contributed by atoms with Gasteiger partial charge in [-0.25, -0.2) is 4.98 Å². The molecule has 5 rings (SSSR count). The Labute approximate surface area is 235 Å². The molecule has 3 aromatic rings. The number of aryl methyl sites for hydroxylation is 1. The lowest BCUT2D eigenvalue weighted by atomic mass is 9.95. The Hall–Kier alpha value is -3.82. The number of hydrazone groups is 1. The summed E-state index contributed by atoms with van der Waals surface area (Å²) in [6.07, 6.45) is 6.40. The minimum Gasteiger partial charge on any atom is -0.481 e. The Bertz CT molecular complexity index is 1590. The summed E-state index contributed by atoms with van der Waals surface area (Å²) in [7, 11) is 3.66. The molecule has 0 bridgehead atoms. The van der Waals surface area contributed by atoms with Crippen LogP contribution >= 0.6 is 23.2 Å². The van der Waals surface area contributed by atoms with Crippen LogP contribution in [0.4, 0.5) is 0 Å². The Morgan fingerprint density at radius 2 is 2.08 bits per heavy atom. The number of pyridine rings is 1. The number of nitrogens with zero attached hydrogens (tertiary/aromatic N) is 4. The van der Waals surface area contributed by atoms with E-state index in [0.717, 1.165) is 40.4 Å². The zero-order valence-electron chi connectivity index (χ0n) is 21.5. The largest absolute Gasteiger partial charge is 0.481 e. The molecule has 11 heteroatoms. The van der Waals surface area contributed by atoms with Crippen molar-refractivity contribution in [2.45, 2.75) is 38.1 Å². The molecule has 0 saturated carbocycles. The van der Waals surface area contributed by atoms with Crippen LogP contribution in [0.2, 0.25) is 5.15 Å². The van der Waals surface area contributed by atoms with Gasteiger partial charge < -0.3 is 25.0 Å². The highest BCUT2D eigenvalue weighted by atomic mass is 35.5. The van der Waals surface area contributed by atoms with Gasteiger partial charge in [0.05, 0.1) is 12.5 Å². The number of imidazole rings is 1. The van der Waals surface area contributed by atoms with Gasteiger partial charge in [-0.3, -0.25) is 9.59 Å². The molecule has 2 aromatic heterocycles. The summed E-state index contributed by atoms with van der Waals surface area (Å²) in [5.41, 5.74) is 8.20. The van der Waals surface area contributed by atoms with E-state index in [0.29, 0.717) is 40.6 Å². The van der Waals surface area contributed by atoms with Crippen LogP contribution in [0.15, 0.2) is 63.1 Å². The summed E-state index contributed by atoms with van der Waals surface area (Å²) in [5, 5.41) is 14.3. The van der Waals surface area contributed by atoms with Crippen LogP contribution in [-0.4, -0.2) is 50.9 Å². The minimum absolute atomic E-state index is 0.0902. The van der Waals surface area contributed by atoms with Gasteiger partial charge in [0.1, 0.15) is 23.0 Å². The molecular weight excluding hydrogens is 539 g/mol.